The van der Waals surface area contributed by atoms with Gasteiger partial charge in [-0.15, -0.1) is 11.3 Å². The number of rotatable bonds is 9. The van der Waals surface area contributed by atoms with Gasteiger partial charge in [-0.05, 0) is 44.4 Å². The summed E-state index contributed by atoms with van der Waals surface area (Å²) in [6.07, 6.45) is 5.94. The lowest BCUT2D eigenvalue weighted by Gasteiger charge is -2.04. The molecule has 0 aliphatic heterocycles. The van der Waals surface area contributed by atoms with Crippen molar-refractivity contribution in [1.29, 1.82) is 0 Å². The number of esters is 1. The van der Waals surface area contributed by atoms with Crippen molar-refractivity contribution in [1.82, 2.24) is 29.9 Å². The molecule has 13 heteroatoms. The Morgan fingerprint density at radius 3 is 2.92 bits per heavy atom. The maximum Gasteiger partial charge on any atom is 0.326 e. The topological polar surface area (TPSA) is 167 Å². The number of aromatic amines is 2. The van der Waals surface area contributed by atoms with Crippen molar-refractivity contribution < 1.29 is 19.4 Å². The Balaban J connectivity index is 1.43. The Bertz CT molecular complexity index is 1640. The normalized spacial score (nSPS) is 14.4. The van der Waals surface area contributed by atoms with Crippen LogP contribution in [0.15, 0.2) is 34.2 Å². The van der Waals surface area contributed by atoms with Gasteiger partial charge >= 0.3 is 11.7 Å². The van der Waals surface area contributed by atoms with E-state index >= 15 is 0 Å². The highest BCUT2D eigenvalue weighted by Gasteiger charge is 2.21. The lowest BCUT2D eigenvalue weighted by molar-refractivity contribution is -0.143. The molecule has 0 unspecified atom stereocenters. The molecule has 1 saturated carbocycles. The number of nitrogens with one attached hydrogen (secondary N) is 3. The van der Waals surface area contributed by atoms with Gasteiger partial charge in [-0.2, -0.15) is 9.61 Å². The Morgan fingerprint density at radius 2 is 2.19 bits per heavy atom. The van der Waals surface area contributed by atoms with E-state index in [4.69, 9.17) is 14.7 Å². The van der Waals surface area contributed by atoms with Crippen LogP contribution in [0.4, 0.5) is 0 Å². The molecule has 1 aliphatic carbocycles. The molecule has 12 nitrogen and oxygen atoms in total. The zero-order chi connectivity index (χ0) is 25.9. The monoisotopic (exact) mass is 523 g/mol. The third kappa shape index (κ3) is 5.61. The van der Waals surface area contributed by atoms with E-state index in [1.165, 1.54) is 11.3 Å². The summed E-state index contributed by atoms with van der Waals surface area (Å²) in [6, 6.07) is 5.63. The van der Waals surface area contributed by atoms with Crippen LogP contribution in [-0.4, -0.2) is 60.7 Å². The Kier molecular flexibility index (Phi) is 6.86. The lowest BCUT2D eigenvalue weighted by atomic mass is 10.3. The highest BCUT2D eigenvalue weighted by atomic mass is 32.1. The molecule has 0 aromatic carbocycles. The summed E-state index contributed by atoms with van der Waals surface area (Å²) in [5, 5.41) is 17.8. The number of ether oxygens (including phenoxy) is 1. The summed E-state index contributed by atoms with van der Waals surface area (Å²) in [5.41, 5.74) is 1.44. The van der Waals surface area contributed by atoms with Crippen molar-refractivity contribution in [3.8, 4) is 16.5 Å². The summed E-state index contributed by atoms with van der Waals surface area (Å²) in [7, 11) is 0. The number of aromatic hydroxyl groups is 1. The Morgan fingerprint density at radius 1 is 1.35 bits per heavy atom. The van der Waals surface area contributed by atoms with Crippen molar-refractivity contribution in [2.24, 2.45) is 4.99 Å². The third-order valence-electron chi connectivity index (χ3n) is 5.61. The zero-order valence-corrected chi connectivity index (χ0v) is 20.8. The zero-order valence-electron chi connectivity index (χ0n) is 20.0. The minimum atomic E-state index is -0.524. The number of hydrogen-bond acceptors (Lipinski definition) is 9. The summed E-state index contributed by atoms with van der Waals surface area (Å²) in [4.78, 5) is 51.2. The molecular weight excluding hydrogens is 498 g/mol. The summed E-state index contributed by atoms with van der Waals surface area (Å²) < 4.78 is 6.52. The van der Waals surface area contributed by atoms with Crippen LogP contribution in [0.5, 0.6) is 5.88 Å². The smallest absolute Gasteiger partial charge is 0.326 e. The molecule has 1 amide bonds. The predicted octanol–water partition coefficient (Wildman–Crippen LogP) is 0.864. The summed E-state index contributed by atoms with van der Waals surface area (Å²) in [5.74, 6) is -0.785. The van der Waals surface area contributed by atoms with Crippen LogP contribution in [0, 0.1) is 0 Å². The number of fused-ring (bicyclic) bond motifs is 1. The van der Waals surface area contributed by atoms with E-state index in [-0.39, 0.29) is 35.9 Å². The van der Waals surface area contributed by atoms with Gasteiger partial charge in [-0.3, -0.25) is 19.6 Å². The van der Waals surface area contributed by atoms with Gasteiger partial charge in [0.15, 0.2) is 11.1 Å². The first-order valence-electron chi connectivity index (χ1n) is 11.9. The van der Waals surface area contributed by atoms with Crippen molar-refractivity contribution in [3.05, 3.63) is 56.2 Å². The number of aromatic nitrogens is 5. The fourth-order valence-electron chi connectivity index (χ4n) is 3.67. The number of H-pyrrole nitrogens is 2. The molecule has 4 aromatic rings. The van der Waals surface area contributed by atoms with E-state index in [1.54, 1.807) is 29.8 Å². The second-order valence-electron chi connectivity index (χ2n) is 8.51. The predicted molar refractivity (Wildman–Crippen MR) is 135 cm³/mol. The fraction of sp³-hybridized carbons (Fsp3) is 0.333. The quantitative estimate of drug-likeness (QED) is 0.186. The minimum Gasteiger partial charge on any atom is -0.493 e. The van der Waals surface area contributed by atoms with E-state index in [9.17, 15) is 19.5 Å². The minimum absolute atomic E-state index is 0.214. The summed E-state index contributed by atoms with van der Waals surface area (Å²) >= 11 is 1.30. The number of amides is 1. The maximum atomic E-state index is 12.6. The maximum absolute atomic E-state index is 12.6. The molecule has 0 bridgehead atoms. The number of imidazole rings is 1. The van der Waals surface area contributed by atoms with Gasteiger partial charge in [0.2, 0.25) is 5.88 Å². The van der Waals surface area contributed by atoms with Gasteiger partial charge in [0.05, 0.1) is 34.3 Å². The van der Waals surface area contributed by atoms with Crippen molar-refractivity contribution in [2.45, 2.75) is 38.6 Å². The van der Waals surface area contributed by atoms with E-state index < -0.39 is 5.69 Å². The van der Waals surface area contributed by atoms with Gasteiger partial charge in [-0.25, -0.2) is 9.78 Å². The molecule has 4 heterocycles. The second-order valence-corrected chi connectivity index (χ2v) is 9.59. The van der Waals surface area contributed by atoms with Crippen LogP contribution in [0.25, 0.3) is 22.3 Å². The van der Waals surface area contributed by atoms with Crippen LogP contribution in [0.2, 0.25) is 0 Å². The van der Waals surface area contributed by atoms with Crippen LogP contribution < -0.4 is 21.7 Å². The lowest BCUT2D eigenvalue weighted by Crippen LogP contribution is -2.24. The molecule has 0 radical (unpaired) electrons. The standard InChI is InChI=1S/C24H25N7O5S/c1-2-36-20(32)4-3-9-25-23(34)18-8-7-17(37-18)15-11-19(27-14-5-6-14)31-21(28-15)13(12-26-31)10-16-22(33)30-24(35)29-16/h7-8,10-12,14,33H,2-6,9H2,1H3,(H,25,34)(H2,29,30,35)/b13-10+,27-19?. The SMILES string of the molecule is CCOC(=O)CCCNC(=O)c1ccc(-c2cc(=NC3CC3)n3nc/c(=C\c4[nH]c(=O)[nH]c4O)c3n2)s1. The fourth-order valence-corrected chi connectivity index (χ4v) is 4.56. The molecule has 37 heavy (non-hydrogen) atoms. The molecule has 4 N–H and O–H groups in total. The number of carbonyl (C=O) groups excluding carboxylic acids is 2. The van der Waals surface area contributed by atoms with Gasteiger partial charge in [0.1, 0.15) is 5.69 Å². The first kappa shape index (κ1) is 24.4. The first-order chi connectivity index (χ1) is 17.9. The molecule has 0 saturated heterocycles. The number of carbonyl (C=O) groups is 2. The van der Waals surface area contributed by atoms with Gasteiger partial charge in [-0.1, -0.05) is 0 Å². The average molecular weight is 524 g/mol. The van der Waals surface area contributed by atoms with Crippen molar-refractivity contribution >= 4 is 34.9 Å². The molecule has 0 spiro atoms. The van der Waals surface area contributed by atoms with Gasteiger partial charge in [0.25, 0.3) is 5.91 Å². The third-order valence-corrected chi connectivity index (χ3v) is 6.71. The molecule has 1 fully saturated rings. The Hall–Kier alpha value is -4.26. The van der Waals surface area contributed by atoms with Crippen LogP contribution >= 0.6 is 11.3 Å². The van der Waals surface area contributed by atoms with Crippen molar-refractivity contribution in [3.63, 3.8) is 0 Å². The molecule has 1 aliphatic rings. The van der Waals surface area contributed by atoms with Gasteiger partial charge in [0, 0.05) is 24.3 Å². The van der Waals surface area contributed by atoms with E-state index in [0.29, 0.717) is 46.5 Å². The second kappa shape index (κ2) is 10.4. The van der Waals surface area contributed by atoms with E-state index in [2.05, 4.69) is 20.4 Å². The molecule has 4 aromatic heterocycles. The number of thiophene rings is 1. The van der Waals surface area contributed by atoms with Crippen LogP contribution in [0.3, 0.4) is 0 Å². The number of nitrogens with zero attached hydrogens (tertiary/aromatic N) is 4. The average Bonchev–Trinajstić information content (AvgIpc) is 3.24. The first-order valence-corrected chi connectivity index (χ1v) is 12.7. The number of hydrogen-bond donors (Lipinski definition) is 4. The van der Waals surface area contributed by atoms with Crippen LogP contribution in [-0.2, 0) is 9.53 Å². The van der Waals surface area contributed by atoms with Crippen LogP contribution in [0.1, 0.15) is 48.0 Å². The highest BCUT2D eigenvalue weighted by molar-refractivity contribution is 7.17. The molecule has 5 rings (SSSR count). The molecule has 192 valence electrons. The largest absolute Gasteiger partial charge is 0.493 e. The van der Waals surface area contributed by atoms with Crippen molar-refractivity contribution in [2.75, 3.05) is 13.2 Å². The highest BCUT2D eigenvalue weighted by Crippen LogP contribution is 2.27. The van der Waals surface area contributed by atoms with E-state index in [1.807, 2.05) is 12.1 Å². The summed E-state index contributed by atoms with van der Waals surface area (Å²) in [6.45, 7) is 2.46. The van der Waals surface area contributed by atoms with Gasteiger partial charge < -0.3 is 20.1 Å². The van der Waals surface area contributed by atoms with E-state index in [0.717, 1.165) is 17.7 Å². The molecular formula is C24H25N7O5S. The molecule has 0 atom stereocenters. The Labute approximate surface area is 213 Å².